The van der Waals surface area contributed by atoms with E-state index < -0.39 is 42.0 Å². The number of imidazole rings is 1. The number of carbonyl (C=O) groups excluding carboxylic acids is 3. The first-order valence-electron chi connectivity index (χ1n) is 16.9. The molecule has 0 spiro atoms. The van der Waals surface area contributed by atoms with Crippen molar-refractivity contribution in [1.29, 1.82) is 0 Å². The van der Waals surface area contributed by atoms with Gasteiger partial charge in [-0.05, 0) is 32.2 Å². The van der Waals surface area contributed by atoms with Crippen LogP contribution >= 0.6 is 0 Å². The van der Waals surface area contributed by atoms with Gasteiger partial charge in [-0.2, -0.15) is 13.2 Å². The SMILES string of the molecule is CCCCCCCCCCCCCCCC(=O)NCC(=O)N[C@@H](Cc1cnc[nH]1)C(=O)N[C@@H](CCCCN)C(=O)O.O=C(O)C(F)(F)F. The number of rotatable bonds is 26. The van der Waals surface area contributed by atoms with Gasteiger partial charge in [0.2, 0.25) is 17.7 Å². The van der Waals surface area contributed by atoms with Crippen molar-refractivity contribution >= 4 is 29.7 Å². The fourth-order valence-corrected chi connectivity index (χ4v) is 4.66. The first-order valence-corrected chi connectivity index (χ1v) is 16.9. The molecule has 1 heterocycles. The topological polar surface area (TPSA) is 217 Å². The third kappa shape index (κ3) is 24.5. The molecule has 0 unspecified atom stereocenters. The van der Waals surface area contributed by atoms with E-state index in [1.165, 1.54) is 76.7 Å². The summed E-state index contributed by atoms with van der Waals surface area (Å²) in [7, 11) is 0. The van der Waals surface area contributed by atoms with E-state index in [-0.39, 0.29) is 25.3 Å². The van der Waals surface area contributed by atoms with Gasteiger partial charge in [-0.1, -0.05) is 84.0 Å². The van der Waals surface area contributed by atoms with Crippen molar-refractivity contribution in [1.82, 2.24) is 25.9 Å². The third-order valence-electron chi connectivity index (χ3n) is 7.39. The summed E-state index contributed by atoms with van der Waals surface area (Å²) >= 11 is 0. The molecule has 0 fully saturated rings. The Labute approximate surface area is 280 Å². The number of amides is 3. The van der Waals surface area contributed by atoms with E-state index in [1.54, 1.807) is 0 Å². The maximum atomic E-state index is 12.9. The number of nitrogens with two attached hydrogens (primary N) is 1. The Morgan fingerprint density at radius 3 is 1.81 bits per heavy atom. The minimum Gasteiger partial charge on any atom is -0.480 e. The molecule has 1 aromatic heterocycles. The minimum absolute atomic E-state index is 0.0968. The first-order chi connectivity index (χ1) is 22.8. The molecule has 0 aromatic carbocycles. The Morgan fingerprint density at radius 1 is 0.812 bits per heavy atom. The van der Waals surface area contributed by atoms with E-state index in [9.17, 15) is 37.5 Å². The average molecular weight is 693 g/mol. The van der Waals surface area contributed by atoms with Crippen LogP contribution in [-0.2, 0) is 30.4 Å². The number of carboxylic acids is 2. The monoisotopic (exact) mass is 692 g/mol. The number of nitrogens with zero attached hydrogens (tertiary/aromatic N) is 1. The molecule has 2 atom stereocenters. The van der Waals surface area contributed by atoms with Crippen molar-refractivity contribution in [3.05, 3.63) is 18.2 Å². The van der Waals surface area contributed by atoms with Crippen LogP contribution in [0, 0.1) is 0 Å². The highest BCUT2D eigenvalue weighted by atomic mass is 19.4. The number of alkyl halides is 3. The summed E-state index contributed by atoms with van der Waals surface area (Å²) in [4.78, 5) is 65.0. The molecule has 0 saturated carbocycles. The van der Waals surface area contributed by atoms with Gasteiger partial charge in [-0.15, -0.1) is 0 Å². The number of hydrogen-bond donors (Lipinski definition) is 7. The quantitative estimate of drug-likeness (QED) is 0.0685. The number of hydrogen-bond acceptors (Lipinski definition) is 7. The highest BCUT2D eigenvalue weighted by Crippen LogP contribution is 2.14. The molecular formula is C32H55F3N6O7. The number of unbranched alkanes of at least 4 members (excludes halogenated alkanes) is 13. The second kappa shape index (κ2) is 27.3. The lowest BCUT2D eigenvalue weighted by molar-refractivity contribution is -0.192. The van der Waals surface area contributed by atoms with Crippen LogP contribution in [0.25, 0.3) is 0 Å². The molecule has 1 aromatic rings. The van der Waals surface area contributed by atoms with Crippen LogP contribution < -0.4 is 21.7 Å². The normalized spacial score (nSPS) is 12.3. The van der Waals surface area contributed by atoms with Gasteiger partial charge in [0.15, 0.2) is 0 Å². The van der Waals surface area contributed by atoms with Crippen LogP contribution in [-0.4, -0.2) is 81.2 Å². The molecule has 0 radical (unpaired) electrons. The van der Waals surface area contributed by atoms with Gasteiger partial charge < -0.3 is 36.9 Å². The van der Waals surface area contributed by atoms with Crippen LogP contribution in [0.3, 0.4) is 0 Å². The van der Waals surface area contributed by atoms with E-state index in [2.05, 4.69) is 32.8 Å². The summed E-state index contributed by atoms with van der Waals surface area (Å²) in [5.41, 5.74) is 6.08. The van der Waals surface area contributed by atoms with Crippen LogP contribution in [0.1, 0.15) is 122 Å². The van der Waals surface area contributed by atoms with E-state index >= 15 is 0 Å². The van der Waals surface area contributed by atoms with Crippen molar-refractivity contribution < 1.29 is 47.4 Å². The zero-order valence-corrected chi connectivity index (χ0v) is 28.0. The molecule has 0 aliphatic rings. The van der Waals surface area contributed by atoms with Crippen molar-refractivity contribution in [2.45, 2.75) is 141 Å². The molecule has 0 bridgehead atoms. The Hall–Kier alpha value is -3.69. The number of H-pyrrole nitrogens is 1. The summed E-state index contributed by atoms with van der Waals surface area (Å²) in [5, 5.41) is 24.3. The Balaban J connectivity index is 0.00000282. The van der Waals surface area contributed by atoms with Crippen molar-refractivity contribution in [2.24, 2.45) is 5.73 Å². The number of aliphatic carboxylic acids is 2. The highest BCUT2D eigenvalue weighted by molar-refractivity contribution is 5.92. The first kappa shape index (κ1) is 44.3. The maximum Gasteiger partial charge on any atom is 0.490 e. The van der Waals surface area contributed by atoms with Crippen LogP contribution in [0.4, 0.5) is 13.2 Å². The number of carboxylic acid groups (broad SMARTS) is 2. The molecule has 1 rings (SSSR count). The molecule has 16 heteroatoms. The second-order valence-corrected chi connectivity index (χ2v) is 11.7. The van der Waals surface area contributed by atoms with Gasteiger partial charge >= 0.3 is 18.1 Å². The molecule has 276 valence electrons. The van der Waals surface area contributed by atoms with Crippen LogP contribution in [0.15, 0.2) is 12.5 Å². The molecule has 0 saturated heterocycles. The second-order valence-electron chi connectivity index (χ2n) is 11.7. The zero-order chi connectivity index (χ0) is 36.2. The van der Waals surface area contributed by atoms with E-state index in [0.717, 1.165) is 19.3 Å². The van der Waals surface area contributed by atoms with Gasteiger partial charge in [-0.25, -0.2) is 14.6 Å². The van der Waals surface area contributed by atoms with Crippen molar-refractivity contribution in [3.8, 4) is 0 Å². The molecule has 0 aliphatic heterocycles. The Kier molecular flexibility index (Phi) is 25.2. The summed E-state index contributed by atoms with van der Waals surface area (Å²) in [5.74, 6) is -5.26. The zero-order valence-electron chi connectivity index (χ0n) is 28.0. The number of aromatic amines is 1. The lowest BCUT2D eigenvalue weighted by atomic mass is 10.0. The summed E-state index contributed by atoms with van der Waals surface area (Å²) in [6, 6.07) is -2.12. The van der Waals surface area contributed by atoms with Gasteiger partial charge in [0.1, 0.15) is 12.1 Å². The van der Waals surface area contributed by atoms with Crippen LogP contribution in [0.2, 0.25) is 0 Å². The Bertz CT molecular complexity index is 1040. The smallest absolute Gasteiger partial charge is 0.480 e. The van der Waals surface area contributed by atoms with Gasteiger partial charge in [0, 0.05) is 24.7 Å². The van der Waals surface area contributed by atoms with Gasteiger partial charge in [-0.3, -0.25) is 14.4 Å². The Morgan fingerprint density at radius 2 is 1.35 bits per heavy atom. The van der Waals surface area contributed by atoms with E-state index in [0.29, 0.717) is 31.5 Å². The lowest BCUT2D eigenvalue weighted by Gasteiger charge is -2.21. The minimum atomic E-state index is -5.08. The lowest BCUT2D eigenvalue weighted by Crippen LogP contribution is -2.54. The predicted octanol–water partition coefficient (Wildman–Crippen LogP) is 4.37. The maximum absolute atomic E-state index is 12.9. The fraction of sp³-hybridized carbons (Fsp3) is 0.750. The molecule has 8 N–H and O–H groups in total. The largest absolute Gasteiger partial charge is 0.490 e. The molecule has 0 aliphatic carbocycles. The van der Waals surface area contributed by atoms with E-state index in [4.69, 9.17) is 15.6 Å². The van der Waals surface area contributed by atoms with Crippen molar-refractivity contribution in [2.75, 3.05) is 13.1 Å². The molecule has 3 amide bonds. The highest BCUT2D eigenvalue weighted by Gasteiger charge is 2.38. The number of nitrogens with one attached hydrogen (secondary N) is 4. The average Bonchev–Trinajstić information content (AvgIpc) is 3.54. The number of halogens is 3. The molecular weight excluding hydrogens is 637 g/mol. The standard InChI is InChI=1S/C30H54N6O5.C2HF3O2/c1-2-3-4-5-6-7-8-9-10-11-12-13-14-18-27(37)33-22-28(38)35-26(20-24-21-32-23-34-24)29(39)36-25(30(40)41)17-15-16-19-31;3-2(4,5)1(6)7/h21,23,25-26H,2-20,22,31H2,1H3,(H,32,34)(H,33,37)(H,35,38)(H,36,39)(H,40,41);(H,6,7)/t25-,26-;/m0./s1. The summed E-state index contributed by atoms with van der Waals surface area (Å²) < 4.78 is 31.7. The fourth-order valence-electron chi connectivity index (χ4n) is 4.66. The van der Waals surface area contributed by atoms with Crippen molar-refractivity contribution in [3.63, 3.8) is 0 Å². The molecule has 13 nitrogen and oxygen atoms in total. The summed E-state index contributed by atoms with van der Waals surface area (Å²) in [6.45, 7) is 2.41. The van der Waals surface area contributed by atoms with E-state index in [1.807, 2.05) is 0 Å². The van der Waals surface area contributed by atoms with Gasteiger partial charge in [0.25, 0.3) is 0 Å². The summed E-state index contributed by atoms with van der Waals surface area (Å²) in [6.07, 6.45) is 15.7. The number of carbonyl (C=O) groups is 5. The van der Waals surface area contributed by atoms with Crippen LogP contribution in [0.5, 0.6) is 0 Å². The third-order valence-corrected chi connectivity index (χ3v) is 7.39. The predicted molar refractivity (Wildman–Crippen MR) is 174 cm³/mol. The van der Waals surface area contributed by atoms with Gasteiger partial charge in [0.05, 0.1) is 12.9 Å². The molecule has 48 heavy (non-hydrogen) atoms. The number of aromatic nitrogens is 2.